The minimum atomic E-state index is -0.683. The first kappa shape index (κ1) is 17.2. The van der Waals surface area contributed by atoms with Gasteiger partial charge in [-0.15, -0.1) is 11.3 Å². The Morgan fingerprint density at radius 1 is 1.37 bits per heavy atom. The monoisotopic (exact) mass is 379 g/mol. The van der Waals surface area contributed by atoms with Crippen LogP contribution in [0.3, 0.4) is 0 Å². The second-order valence-electron chi connectivity index (χ2n) is 6.20. The third kappa shape index (κ3) is 3.80. The highest BCUT2D eigenvalue weighted by Crippen LogP contribution is 2.27. The molecule has 0 radical (unpaired) electrons. The molecule has 1 amide bonds. The lowest BCUT2D eigenvalue weighted by Crippen LogP contribution is -2.14. The van der Waals surface area contributed by atoms with E-state index in [0.717, 1.165) is 34.5 Å². The van der Waals surface area contributed by atoms with E-state index >= 15 is 0 Å². The Morgan fingerprint density at radius 2 is 2.22 bits per heavy atom. The van der Waals surface area contributed by atoms with Crippen molar-refractivity contribution < 1.29 is 9.90 Å². The number of nitrogens with two attached hydrogens (primary N) is 1. The van der Waals surface area contributed by atoms with Crippen molar-refractivity contribution in [2.24, 2.45) is 15.8 Å². The van der Waals surface area contributed by atoms with Crippen molar-refractivity contribution in [2.45, 2.75) is 18.9 Å². The zero-order chi connectivity index (χ0) is 18.8. The van der Waals surface area contributed by atoms with Crippen molar-refractivity contribution in [2.75, 3.05) is 0 Å². The van der Waals surface area contributed by atoms with Crippen molar-refractivity contribution in [1.29, 1.82) is 0 Å². The van der Waals surface area contributed by atoms with Crippen LogP contribution in [-0.2, 0) is 0 Å². The predicted molar refractivity (Wildman–Crippen MR) is 104 cm³/mol. The summed E-state index contributed by atoms with van der Waals surface area (Å²) in [7, 11) is 0. The first-order chi connectivity index (χ1) is 13.1. The Morgan fingerprint density at radius 3 is 2.93 bits per heavy atom. The van der Waals surface area contributed by atoms with E-state index in [1.54, 1.807) is 35.4 Å². The maximum Gasteiger partial charge on any atom is 0.252 e. The van der Waals surface area contributed by atoms with Crippen molar-refractivity contribution in [1.82, 2.24) is 9.66 Å². The minimum Gasteiger partial charge on any atom is -0.507 e. The Kier molecular flexibility index (Phi) is 4.55. The van der Waals surface area contributed by atoms with Gasteiger partial charge in [-0.3, -0.25) is 14.8 Å². The van der Waals surface area contributed by atoms with Gasteiger partial charge >= 0.3 is 0 Å². The van der Waals surface area contributed by atoms with Crippen LogP contribution in [0.1, 0.15) is 28.8 Å². The van der Waals surface area contributed by atoms with E-state index in [-0.39, 0.29) is 11.3 Å². The zero-order valence-electron chi connectivity index (χ0n) is 14.3. The van der Waals surface area contributed by atoms with Gasteiger partial charge in [-0.1, -0.05) is 6.07 Å². The highest BCUT2D eigenvalue weighted by Gasteiger charge is 2.21. The number of aromatic nitrogens is 2. The molecule has 2 aromatic heterocycles. The molecule has 1 aliphatic rings. The number of rotatable bonds is 5. The van der Waals surface area contributed by atoms with Crippen LogP contribution in [-0.4, -0.2) is 32.9 Å². The van der Waals surface area contributed by atoms with Crippen LogP contribution in [0.15, 0.2) is 58.2 Å². The van der Waals surface area contributed by atoms with Gasteiger partial charge in [0.1, 0.15) is 5.75 Å². The van der Waals surface area contributed by atoms with Gasteiger partial charge in [-0.05, 0) is 37.1 Å². The smallest absolute Gasteiger partial charge is 0.252 e. The van der Waals surface area contributed by atoms with Crippen LogP contribution in [0, 0.1) is 0 Å². The number of carbonyl (C=O) groups is 1. The molecule has 4 rings (SSSR count). The number of aromatic hydroxyl groups is 1. The molecule has 0 aliphatic heterocycles. The maximum absolute atomic E-state index is 11.6. The first-order valence-corrected chi connectivity index (χ1v) is 9.32. The third-order valence-corrected chi connectivity index (χ3v) is 4.92. The molecule has 0 bridgehead atoms. The number of thiazole rings is 1. The molecular weight excluding hydrogens is 362 g/mol. The summed E-state index contributed by atoms with van der Waals surface area (Å²) in [4.78, 5) is 21.1. The zero-order valence-corrected chi connectivity index (χ0v) is 15.1. The number of pyridine rings is 1. The fraction of sp³-hybridized carbons (Fsp3) is 0.158. The van der Waals surface area contributed by atoms with Gasteiger partial charge < -0.3 is 10.8 Å². The summed E-state index contributed by atoms with van der Waals surface area (Å²) >= 11 is 1.48. The van der Waals surface area contributed by atoms with E-state index in [1.807, 2.05) is 17.5 Å². The predicted octanol–water partition coefficient (Wildman–Crippen LogP) is 2.36. The van der Waals surface area contributed by atoms with Gasteiger partial charge in [0.15, 0.2) is 0 Å². The van der Waals surface area contributed by atoms with Crippen molar-refractivity contribution >= 4 is 23.5 Å². The molecule has 2 heterocycles. The summed E-state index contributed by atoms with van der Waals surface area (Å²) in [5.41, 5.74) is 7.78. The Bertz CT molecular complexity index is 1080. The van der Waals surface area contributed by atoms with Crippen LogP contribution < -0.4 is 10.5 Å². The van der Waals surface area contributed by atoms with E-state index < -0.39 is 5.91 Å². The molecule has 0 saturated heterocycles. The summed E-state index contributed by atoms with van der Waals surface area (Å²) in [5, 5.41) is 16.4. The van der Waals surface area contributed by atoms with E-state index in [0.29, 0.717) is 6.04 Å². The van der Waals surface area contributed by atoms with Crippen molar-refractivity contribution in [3.63, 3.8) is 0 Å². The Balaban J connectivity index is 1.82. The standard InChI is InChI=1S/C19H17N5O2S/c20-18(26)15-8-13(3-6-17(15)25)16-11-27-19(23-14-4-5-14)24(16)22-10-12-2-1-7-21-9-12/h1-3,6-11,14,25H,4-5H2,(H2,20,26)/b22-10+,23-19?. The molecule has 8 heteroatoms. The molecule has 1 aromatic carbocycles. The van der Waals surface area contributed by atoms with Gasteiger partial charge in [0, 0.05) is 28.9 Å². The molecule has 27 heavy (non-hydrogen) atoms. The van der Waals surface area contributed by atoms with Gasteiger partial charge in [0.25, 0.3) is 5.91 Å². The number of primary amides is 1. The molecule has 0 atom stereocenters. The Labute approximate surface area is 159 Å². The van der Waals surface area contributed by atoms with E-state index in [1.165, 1.54) is 17.4 Å². The molecule has 0 spiro atoms. The second-order valence-corrected chi connectivity index (χ2v) is 7.04. The van der Waals surface area contributed by atoms with Crippen LogP contribution in [0.25, 0.3) is 11.3 Å². The minimum absolute atomic E-state index is 0.0715. The molecule has 1 saturated carbocycles. The number of phenols is 1. The fourth-order valence-electron chi connectivity index (χ4n) is 2.53. The van der Waals surface area contributed by atoms with Crippen molar-refractivity contribution in [3.8, 4) is 17.0 Å². The molecular formula is C19H17N5O2S. The van der Waals surface area contributed by atoms with E-state index in [4.69, 9.17) is 10.7 Å². The summed E-state index contributed by atoms with van der Waals surface area (Å²) < 4.78 is 1.74. The second kappa shape index (κ2) is 7.16. The molecule has 7 nitrogen and oxygen atoms in total. The van der Waals surface area contributed by atoms with Crippen LogP contribution in [0.4, 0.5) is 0 Å². The topological polar surface area (TPSA) is 106 Å². The number of nitrogens with zero attached hydrogens (tertiary/aromatic N) is 4. The number of hydrogen-bond donors (Lipinski definition) is 2. The first-order valence-electron chi connectivity index (χ1n) is 8.44. The Hall–Kier alpha value is -3.26. The largest absolute Gasteiger partial charge is 0.507 e. The molecule has 1 fully saturated rings. The van der Waals surface area contributed by atoms with E-state index in [2.05, 4.69) is 10.1 Å². The lowest BCUT2D eigenvalue weighted by Gasteiger charge is -2.06. The molecule has 0 unspecified atom stereocenters. The van der Waals surface area contributed by atoms with Crippen LogP contribution in [0.2, 0.25) is 0 Å². The SMILES string of the molecule is NC(=O)c1cc(-c2csc(=NC3CC3)n2/N=C/c2cccnc2)ccc1O. The number of amides is 1. The molecule has 1 aliphatic carbocycles. The molecule has 3 aromatic rings. The number of hydrogen-bond acceptors (Lipinski definition) is 6. The lowest BCUT2D eigenvalue weighted by molar-refractivity contribution is 0.0998. The number of benzene rings is 1. The summed E-state index contributed by atoms with van der Waals surface area (Å²) in [5.74, 6) is -0.826. The quantitative estimate of drug-likeness (QED) is 0.665. The highest BCUT2D eigenvalue weighted by molar-refractivity contribution is 7.07. The summed E-state index contributed by atoms with van der Waals surface area (Å²) in [6.07, 6.45) is 7.31. The number of carbonyl (C=O) groups excluding carboxylic acids is 1. The van der Waals surface area contributed by atoms with Crippen LogP contribution in [0.5, 0.6) is 5.75 Å². The maximum atomic E-state index is 11.6. The molecule has 3 N–H and O–H groups in total. The van der Waals surface area contributed by atoms with Crippen molar-refractivity contribution in [3.05, 3.63) is 64.0 Å². The summed E-state index contributed by atoms with van der Waals surface area (Å²) in [6, 6.07) is 8.84. The fourth-order valence-corrected chi connectivity index (χ4v) is 3.44. The van der Waals surface area contributed by atoms with Gasteiger partial charge in [-0.2, -0.15) is 5.10 Å². The third-order valence-electron chi connectivity index (χ3n) is 4.09. The van der Waals surface area contributed by atoms with Crippen LogP contribution >= 0.6 is 11.3 Å². The molecule has 136 valence electrons. The van der Waals surface area contributed by atoms with Gasteiger partial charge in [0.2, 0.25) is 4.80 Å². The van der Waals surface area contributed by atoms with Gasteiger partial charge in [-0.25, -0.2) is 4.68 Å². The average molecular weight is 379 g/mol. The average Bonchev–Trinajstić information content (AvgIpc) is 3.40. The van der Waals surface area contributed by atoms with E-state index in [9.17, 15) is 9.90 Å². The van der Waals surface area contributed by atoms with Gasteiger partial charge in [0.05, 0.1) is 23.5 Å². The highest BCUT2D eigenvalue weighted by atomic mass is 32.1. The lowest BCUT2D eigenvalue weighted by atomic mass is 10.1. The summed E-state index contributed by atoms with van der Waals surface area (Å²) in [6.45, 7) is 0. The normalized spacial score (nSPS) is 14.7.